The Morgan fingerprint density at radius 3 is 1.81 bits per heavy atom. The summed E-state index contributed by atoms with van der Waals surface area (Å²) in [6.07, 6.45) is 3.36. The lowest BCUT2D eigenvalue weighted by molar-refractivity contribution is -0.137. The number of rotatable bonds is 7. The molecule has 0 aliphatic carbocycles. The minimum Gasteiger partial charge on any atom is -0.386 e. The third kappa shape index (κ3) is 7.55. The smallest absolute Gasteiger partial charge is 0.386 e. The second kappa shape index (κ2) is 13.5. The lowest BCUT2D eigenvalue weighted by Gasteiger charge is -2.22. The first-order valence-corrected chi connectivity index (χ1v) is 15.3. The van der Waals surface area contributed by atoms with Crippen molar-refractivity contribution in [2.24, 2.45) is 0 Å². The molecule has 14 heteroatoms. The topological polar surface area (TPSA) is 135 Å². The Morgan fingerprint density at radius 1 is 0.745 bits per heavy atom. The number of pyridine rings is 4. The molecule has 2 atom stereocenters. The summed E-state index contributed by atoms with van der Waals surface area (Å²) in [5.41, 5.74) is 1.33. The van der Waals surface area contributed by atoms with E-state index < -0.39 is 22.9 Å². The average Bonchev–Trinajstić information content (AvgIpc) is 3.72. The van der Waals surface area contributed by atoms with Crippen molar-refractivity contribution in [2.45, 2.75) is 30.2 Å². The molecule has 4 N–H and O–H groups in total. The molecule has 1 aromatic carbocycles. The van der Waals surface area contributed by atoms with Gasteiger partial charge in [0.05, 0.1) is 53.8 Å². The van der Waals surface area contributed by atoms with Crippen molar-refractivity contribution in [3.63, 3.8) is 0 Å². The second-order valence-electron chi connectivity index (χ2n) is 11.6. The lowest BCUT2D eigenvalue weighted by Crippen LogP contribution is -2.37. The van der Waals surface area contributed by atoms with Gasteiger partial charge in [0.2, 0.25) is 0 Å². The van der Waals surface area contributed by atoms with Crippen LogP contribution in [0, 0.1) is 0 Å². The molecular weight excluding hydrogens is 637 g/mol. The minimum absolute atomic E-state index is 0.271. The first-order chi connectivity index (χ1) is 22.5. The lowest BCUT2D eigenvalue weighted by atomic mass is 10.0. The zero-order valence-corrected chi connectivity index (χ0v) is 25.9. The van der Waals surface area contributed by atoms with Crippen LogP contribution in [0.15, 0.2) is 73.3 Å². The van der Waals surface area contributed by atoms with E-state index in [-0.39, 0.29) is 6.61 Å². The molecule has 47 heavy (non-hydrogen) atoms. The Hall–Kier alpha value is -4.14. The summed E-state index contributed by atoms with van der Waals surface area (Å²) in [7, 11) is 0. The van der Waals surface area contributed by atoms with Gasteiger partial charge in [0, 0.05) is 67.9 Å². The van der Waals surface area contributed by atoms with Crippen molar-refractivity contribution in [1.82, 2.24) is 19.9 Å². The van der Waals surface area contributed by atoms with E-state index in [1.54, 1.807) is 30.9 Å². The van der Waals surface area contributed by atoms with Crippen LogP contribution in [0.25, 0.3) is 33.1 Å². The monoisotopic (exact) mass is 668 g/mol. The predicted molar refractivity (Wildman–Crippen MR) is 172 cm³/mol. The molecule has 0 saturated carbocycles. The van der Waals surface area contributed by atoms with Crippen LogP contribution in [0.4, 0.5) is 24.5 Å². The third-order valence-corrected chi connectivity index (χ3v) is 8.39. The van der Waals surface area contributed by atoms with Gasteiger partial charge >= 0.3 is 6.18 Å². The van der Waals surface area contributed by atoms with E-state index in [4.69, 9.17) is 21.1 Å². The maximum atomic E-state index is 12.8. The van der Waals surface area contributed by atoms with Crippen molar-refractivity contribution in [1.29, 1.82) is 0 Å². The predicted octanol–water partition coefficient (Wildman–Crippen LogP) is 5.73. The van der Waals surface area contributed by atoms with E-state index in [0.29, 0.717) is 78.9 Å². The number of ether oxygens (including phenoxy) is 2. The summed E-state index contributed by atoms with van der Waals surface area (Å²) >= 11 is 6.01. The SMILES string of the molecule is OC1(CNc2cnc(-c3ccc(C(F)(F)F)cc3)c3ncccc23)CCOC1.OC1(CNc2cnc(Cl)c3ncccc23)CCOC1. The highest BCUT2D eigenvalue weighted by atomic mass is 35.5. The molecule has 0 spiro atoms. The van der Waals surface area contributed by atoms with Gasteiger partial charge in [-0.05, 0) is 36.4 Å². The Bertz CT molecular complexity index is 1850. The van der Waals surface area contributed by atoms with Gasteiger partial charge in [-0.3, -0.25) is 15.0 Å². The molecule has 2 unspecified atom stereocenters. The number of anilines is 2. The molecule has 6 heterocycles. The van der Waals surface area contributed by atoms with Crippen molar-refractivity contribution in [3.05, 3.63) is 84.0 Å². The Morgan fingerprint density at radius 2 is 1.28 bits per heavy atom. The summed E-state index contributed by atoms with van der Waals surface area (Å²) in [6.45, 7) is 2.47. The molecule has 10 nitrogen and oxygen atoms in total. The number of nitrogens with one attached hydrogen (secondary N) is 2. The molecule has 2 fully saturated rings. The van der Waals surface area contributed by atoms with Gasteiger partial charge < -0.3 is 30.3 Å². The number of nitrogens with zero attached hydrogens (tertiary/aromatic N) is 4. The van der Waals surface area contributed by atoms with Gasteiger partial charge in [0.1, 0.15) is 16.7 Å². The van der Waals surface area contributed by atoms with Crippen LogP contribution in [-0.2, 0) is 15.7 Å². The molecule has 4 aromatic heterocycles. The summed E-state index contributed by atoms with van der Waals surface area (Å²) in [5, 5.41) is 29.1. The number of fused-ring (bicyclic) bond motifs is 2. The molecule has 5 aromatic rings. The van der Waals surface area contributed by atoms with E-state index >= 15 is 0 Å². The second-order valence-corrected chi connectivity index (χ2v) is 12.0. The number of aromatic nitrogens is 4. The molecule has 2 aliphatic heterocycles. The van der Waals surface area contributed by atoms with Gasteiger partial charge in [0.25, 0.3) is 0 Å². The van der Waals surface area contributed by atoms with Crippen molar-refractivity contribution >= 4 is 44.8 Å². The molecule has 246 valence electrons. The van der Waals surface area contributed by atoms with Crippen molar-refractivity contribution in [3.8, 4) is 11.3 Å². The van der Waals surface area contributed by atoms with E-state index in [2.05, 4.69) is 30.6 Å². The number of benzene rings is 1. The van der Waals surface area contributed by atoms with E-state index in [0.717, 1.165) is 28.6 Å². The Balaban J connectivity index is 0.000000177. The quantitative estimate of drug-likeness (QED) is 0.159. The fourth-order valence-corrected chi connectivity index (χ4v) is 5.61. The first-order valence-electron chi connectivity index (χ1n) is 14.9. The molecule has 7 rings (SSSR count). The normalized spacial score (nSPS) is 21.1. The zero-order chi connectivity index (χ0) is 33.1. The third-order valence-electron chi connectivity index (χ3n) is 8.11. The van der Waals surface area contributed by atoms with Crippen LogP contribution in [0.1, 0.15) is 18.4 Å². The molecule has 0 radical (unpaired) electrons. The van der Waals surface area contributed by atoms with E-state index in [9.17, 15) is 23.4 Å². The minimum atomic E-state index is -4.38. The van der Waals surface area contributed by atoms with Crippen LogP contribution >= 0.6 is 11.6 Å². The summed E-state index contributed by atoms with van der Waals surface area (Å²) < 4.78 is 48.9. The Labute approximate surface area is 273 Å². The maximum absolute atomic E-state index is 12.8. The number of hydrogen-bond acceptors (Lipinski definition) is 10. The molecule has 2 aliphatic rings. The summed E-state index contributed by atoms with van der Waals surface area (Å²) in [6, 6.07) is 12.3. The van der Waals surface area contributed by atoms with Gasteiger partial charge in [-0.1, -0.05) is 23.7 Å². The molecule has 0 bridgehead atoms. The zero-order valence-electron chi connectivity index (χ0n) is 25.1. The highest BCUT2D eigenvalue weighted by molar-refractivity contribution is 6.34. The van der Waals surface area contributed by atoms with Crippen LogP contribution in [0.5, 0.6) is 0 Å². The highest BCUT2D eigenvalue weighted by Gasteiger charge is 2.33. The van der Waals surface area contributed by atoms with Gasteiger partial charge in [0.15, 0.2) is 5.15 Å². The largest absolute Gasteiger partial charge is 0.416 e. The fraction of sp³-hybridized carbons (Fsp3) is 0.333. The Kier molecular flexibility index (Phi) is 9.44. The number of alkyl halides is 3. The van der Waals surface area contributed by atoms with Crippen molar-refractivity contribution < 1.29 is 32.9 Å². The number of aliphatic hydroxyl groups is 2. The maximum Gasteiger partial charge on any atom is 0.416 e. The molecular formula is C33H32ClF3N6O4. The van der Waals surface area contributed by atoms with Gasteiger partial charge in [-0.25, -0.2) is 4.98 Å². The average molecular weight is 669 g/mol. The highest BCUT2D eigenvalue weighted by Crippen LogP contribution is 2.34. The fourth-order valence-electron chi connectivity index (χ4n) is 5.41. The molecule has 2 saturated heterocycles. The van der Waals surface area contributed by atoms with E-state index in [1.807, 2.05) is 18.2 Å². The number of hydrogen-bond donors (Lipinski definition) is 4. The van der Waals surface area contributed by atoms with E-state index in [1.165, 1.54) is 12.1 Å². The van der Waals surface area contributed by atoms with Crippen LogP contribution in [0.3, 0.4) is 0 Å². The summed E-state index contributed by atoms with van der Waals surface area (Å²) in [4.78, 5) is 17.1. The summed E-state index contributed by atoms with van der Waals surface area (Å²) in [5.74, 6) is 0. The van der Waals surface area contributed by atoms with Crippen molar-refractivity contribution in [2.75, 3.05) is 50.2 Å². The standard InChI is InChI=1S/C20H18F3N3O2.C13H14ClN3O2/c21-20(22,23)14-5-3-13(4-6-14)17-18-15(2-1-8-24-18)16(10-25-17)26-11-19(27)7-9-28-12-19;14-12-11-9(2-1-4-15-11)10(6-16-12)17-7-13(18)3-5-19-8-13/h1-6,8,10,26-27H,7,9,11-12H2;1-2,4,6,17-18H,3,5,7-8H2. The van der Waals surface area contributed by atoms with Crippen LogP contribution in [-0.4, -0.2) is 80.9 Å². The van der Waals surface area contributed by atoms with Gasteiger partial charge in [-0.15, -0.1) is 0 Å². The number of halogens is 4. The molecule has 0 amide bonds. The van der Waals surface area contributed by atoms with Crippen LogP contribution in [0.2, 0.25) is 5.15 Å². The van der Waals surface area contributed by atoms with Crippen LogP contribution < -0.4 is 10.6 Å². The first kappa shape index (κ1) is 32.8. The van der Waals surface area contributed by atoms with Gasteiger partial charge in [-0.2, -0.15) is 13.2 Å².